The third-order valence-electron chi connectivity index (χ3n) is 3.14. The molecule has 0 aliphatic carbocycles. The van der Waals surface area contributed by atoms with Crippen LogP contribution in [0.4, 0.5) is 0 Å². The van der Waals surface area contributed by atoms with Crippen molar-refractivity contribution in [2.45, 2.75) is 30.6 Å². The summed E-state index contributed by atoms with van der Waals surface area (Å²) in [7, 11) is -3.67. The highest BCUT2D eigenvalue weighted by molar-refractivity contribution is 7.89. The Labute approximate surface area is 141 Å². The Balaban J connectivity index is 2.47. The van der Waals surface area contributed by atoms with Gasteiger partial charge in [0.05, 0.1) is 11.4 Å². The van der Waals surface area contributed by atoms with Crippen molar-refractivity contribution in [2.75, 3.05) is 13.1 Å². The minimum atomic E-state index is -3.67. The Hall–Kier alpha value is -2.37. The molecule has 8 heteroatoms. The summed E-state index contributed by atoms with van der Waals surface area (Å²) < 4.78 is 25.9. The molecule has 130 valence electrons. The summed E-state index contributed by atoms with van der Waals surface area (Å²) in [4.78, 5) is 22.3. The standard InChI is InChI=1S/C16H20N2O5S/c1-2-11-18-24(22,23)14-9-7-13(8-10-14)16(21)17-12-5-3-4-6-15(19)20/h1,7-10,18H,3-6,11-12H2,(H,17,21)(H,19,20). The average molecular weight is 352 g/mol. The van der Waals surface area contributed by atoms with Crippen molar-refractivity contribution in [3.8, 4) is 12.3 Å². The molecule has 1 rings (SSSR count). The fourth-order valence-corrected chi connectivity index (χ4v) is 2.82. The number of terminal acetylenes is 1. The predicted molar refractivity (Wildman–Crippen MR) is 88.9 cm³/mol. The van der Waals surface area contributed by atoms with Gasteiger partial charge in [0.2, 0.25) is 10.0 Å². The lowest BCUT2D eigenvalue weighted by atomic mass is 10.2. The van der Waals surface area contributed by atoms with Crippen LogP contribution in [0, 0.1) is 12.3 Å². The van der Waals surface area contributed by atoms with Gasteiger partial charge >= 0.3 is 5.97 Å². The first-order valence-corrected chi connectivity index (χ1v) is 8.88. The van der Waals surface area contributed by atoms with Crippen LogP contribution in [0.2, 0.25) is 0 Å². The van der Waals surface area contributed by atoms with Gasteiger partial charge in [-0.05, 0) is 37.1 Å². The second-order valence-corrected chi connectivity index (χ2v) is 6.78. The van der Waals surface area contributed by atoms with Crippen molar-refractivity contribution in [2.24, 2.45) is 0 Å². The zero-order valence-corrected chi connectivity index (χ0v) is 13.9. The number of sulfonamides is 1. The van der Waals surface area contributed by atoms with Crippen LogP contribution in [0.15, 0.2) is 29.2 Å². The van der Waals surface area contributed by atoms with Gasteiger partial charge < -0.3 is 10.4 Å². The quantitative estimate of drug-likeness (QED) is 0.429. The Morgan fingerprint density at radius 3 is 2.38 bits per heavy atom. The summed E-state index contributed by atoms with van der Waals surface area (Å²) in [6.07, 6.45) is 7.10. The van der Waals surface area contributed by atoms with Gasteiger partial charge in [0.15, 0.2) is 0 Å². The fourth-order valence-electron chi connectivity index (χ4n) is 1.89. The second kappa shape index (κ2) is 9.70. The molecular formula is C16H20N2O5S. The van der Waals surface area contributed by atoms with Crippen LogP contribution in [-0.4, -0.2) is 38.5 Å². The summed E-state index contributed by atoms with van der Waals surface area (Å²) >= 11 is 0. The predicted octanol–water partition coefficient (Wildman–Crippen LogP) is 0.973. The molecule has 0 aliphatic heterocycles. The number of carbonyl (C=O) groups excluding carboxylic acids is 1. The number of carbonyl (C=O) groups is 2. The molecule has 0 aromatic heterocycles. The van der Waals surface area contributed by atoms with E-state index in [1.165, 1.54) is 24.3 Å². The van der Waals surface area contributed by atoms with E-state index in [4.69, 9.17) is 11.5 Å². The number of unbranched alkanes of at least 4 members (excludes halogenated alkanes) is 2. The summed E-state index contributed by atoms with van der Waals surface area (Å²) in [5.74, 6) is 1.04. The lowest BCUT2D eigenvalue weighted by molar-refractivity contribution is -0.137. The average Bonchev–Trinajstić information content (AvgIpc) is 2.56. The maximum absolute atomic E-state index is 11.9. The van der Waals surface area contributed by atoms with E-state index in [0.717, 1.165) is 0 Å². The van der Waals surface area contributed by atoms with Gasteiger partial charge in [-0.2, -0.15) is 4.72 Å². The zero-order valence-electron chi connectivity index (χ0n) is 13.1. The van der Waals surface area contributed by atoms with E-state index in [0.29, 0.717) is 31.4 Å². The highest BCUT2D eigenvalue weighted by atomic mass is 32.2. The smallest absolute Gasteiger partial charge is 0.303 e. The molecule has 0 bridgehead atoms. The van der Waals surface area contributed by atoms with Crippen molar-refractivity contribution in [1.29, 1.82) is 0 Å². The maximum atomic E-state index is 11.9. The Morgan fingerprint density at radius 2 is 1.79 bits per heavy atom. The van der Waals surface area contributed by atoms with E-state index in [1.807, 2.05) is 0 Å². The maximum Gasteiger partial charge on any atom is 0.303 e. The van der Waals surface area contributed by atoms with Gasteiger partial charge in [0.25, 0.3) is 5.91 Å². The molecule has 3 N–H and O–H groups in total. The minimum absolute atomic E-state index is 0.0305. The molecule has 0 radical (unpaired) electrons. The zero-order chi connectivity index (χ0) is 18.0. The fraction of sp³-hybridized carbons (Fsp3) is 0.375. The number of nitrogens with one attached hydrogen (secondary N) is 2. The molecule has 1 aromatic carbocycles. The molecule has 0 saturated carbocycles. The van der Waals surface area contributed by atoms with Crippen molar-refractivity contribution in [3.05, 3.63) is 29.8 Å². The summed E-state index contributed by atoms with van der Waals surface area (Å²) in [5, 5.41) is 11.2. The lowest BCUT2D eigenvalue weighted by Gasteiger charge is -2.07. The molecule has 24 heavy (non-hydrogen) atoms. The van der Waals surface area contributed by atoms with E-state index in [1.54, 1.807) is 0 Å². The monoisotopic (exact) mass is 352 g/mol. The van der Waals surface area contributed by atoms with Gasteiger partial charge in [-0.25, -0.2) is 8.42 Å². The molecule has 0 saturated heterocycles. The third-order valence-corrected chi connectivity index (χ3v) is 4.56. The molecule has 7 nitrogen and oxygen atoms in total. The normalized spacial score (nSPS) is 10.8. The third kappa shape index (κ3) is 6.81. The molecule has 0 fully saturated rings. The van der Waals surface area contributed by atoms with Crippen molar-refractivity contribution in [3.63, 3.8) is 0 Å². The number of benzene rings is 1. The van der Waals surface area contributed by atoms with Crippen LogP contribution in [0.1, 0.15) is 36.0 Å². The van der Waals surface area contributed by atoms with Crippen molar-refractivity contribution in [1.82, 2.24) is 10.0 Å². The minimum Gasteiger partial charge on any atom is -0.481 e. The van der Waals surface area contributed by atoms with Gasteiger partial charge in [0.1, 0.15) is 0 Å². The first-order valence-electron chi connectivity index (χ1n) is 7.40. The van der Waals surface area contributed by atoms with Crippen LogP contribution >= 0.6 is 0 Å². The Morgan fingerprint density at radius 1 is 1.12 bits per heavy atom. The topological polar surface area (TPSA) is 113 Å². The summed E-state index contributed by atoms with van der Waals surface area (Å²) in [6, 6.07) is 5.51. The van der Waals surface area contributed by atoms with Gasteiger partial charge in [-0.1, -0.05) is 12.3 Å². The molecule has 0 atom stereocenters. The van der Waals surface area contributed by atoms with Crippen LogP contribution in [0.5, 0.6) is 0 Å². The van der Waals surface area contributed by atoms with Crippen molar-refractivity contribution >= 4 is 21.9 Å². The van der Waals surface area contributed by atoms with E-state index in [-0.39, 0.29) is 23.8 Å². The van der Waals surface area contributed by atoms with E-state index in [2.05, 4.69) is 16.0 Å². The molecular weight excluding hydrogens is 332 g/mol. The van der Waals surface area contributed by atoms with Crippen LogP contribution in [0.3, 0.4) is 0 Å². The van der Waals surface area contributed by atoms with Gasteiger partial charge in [0, 0.05) is 18.5 Å². The molecule has 0 unspecified atom stereocenters. The van der Waals surface area contributed by atoms with Gasteiger partial charge in [-0.15, -0.1) is 6.42 Å². The Bertz CT molecular complexity index is 705. The first kappa shape index (κ1) is 19.7. The number of aliphatic carboxylic acids is 1. The van der Waals surface area contributed by atoms with Crippen LogP contribution in [-0.2, 0) is 14.8 Å². The molecule has 1 aromatic rings. The van der Waals surface area contributed by atoms with E-state index < -0.39 is 16.0 Å². The van der Waals surface area contributed by atoms with E-state index in [9.17, 15) is 18.0 Å². The number of hydrogen-bond acceptors (Lipinski definition) is 4. The van der Waals surface area contributed by atoms with Crippen LogP contribution < -0.4 is 10.0 Å². The number of amides is 1. The lowest BCUT2D eigenvalue weighted by Crippen LogP contribution is -2.25. The Kier molecular flexibility index (Phi) is 7.95. The number of hydrogen-bond donors (Lipinski definition) is 3. The SMILES string of the molecule is C#CCNS(=O)(=O)c1ccc(C(=O)NCCCCCC(=O)O)cc1. The molecule has 1 amide bonds. The largest absolute Gasteiger partial charge is 0.481 e. The van der Waals surface area contributed by atoms with E-state index >= 15 is 0 Å². The summed E-state index contributed by atoms with van der Waals surface area (Å²) in [5.41, 5.74) is 0.344. The molecule has 0 spiro atoms. The highest BCUT2D eigenvalue weighted by Crippen LogP contribution is 2.10. The number of rotatable bonds is 10. The van der Waals surface area contributed by atoms with Crippen molar-refractivity contribution < 1.29 is 23.1 Å². The second-order valence-electron chi connectivity index (χ2n) is 5.01. The number of carboxylic acid groups (broad SMARTS) is 1. The number of carboxylic acids is 1. The highest BCUT2D eigenvalue weighted by Gasteiger charge is 2.13. The van der Waals surface area contributed by atoms with Crippen LogP contribution in [0.25, 0.3) is 0 Å². The molecule has 0 aliphatic rings. The van der Waals surface area contributed by atoms with Gasteiger partial charge in [-0.3, -0.25) is 9.59 Å². The first-order chi connectivity index (χ1) is 11.4. The molecule has 0 heterocycles. The summed E-state index contributed by atoms with van der Waals surface area (Å²) in [6.45, 7) is 0.328.